The molecule has 0 unspecified atom stereocenters. The summed E-state index contributed by atoms with van der Waals surface area (Å²) in [5.41, 5.74) is 0.863. The van der Waals surface area contributed by atoms with Crippen LogP contribution in [0.15, 0.2) is 57.8 Å². The van der Waals surface area contributed by atoms with E-state index in [1.807, 2.05) is 13.8 Å². The average Bonchev–Trinajstić information content (AvgIpc) is 3.21. The van der Waals surface area contributed by atoms with Gasteiger partial charge in [0.2, 0.25) is 15.9 Å². The van der Waals surface area contributed by atoms with Crippen molar-refractivity contribution in [2.75, 3.05) is 18.4 Å². The first kappa shape index (κ1) is 22.4. The zero-order chi connectivity index (χ0) is 22.9. The topological polar surface area (TPSA) is 115 Å². The summed E-state index contributed by atoms with van der Waals surface area (Å²) in [6.45, 7) is 4.23. The maximum atomic E-state index is 12.9. The fourth-order valence-corrected chi connectivity index (χ4v) is 5.22. The summed E-state index contributed by atoms with van der Waals surface area (Å²) in [7, 11) is -3.69. The predicted molar refractivity (Wildman–Crippen MR) is 118 cm³/mol. The number of hydrogen-bond donors (Lipinski definition) is 1. The summed E-state index contributed by atoms with van der Waals surface area (Å²) in [5.74, 6) is -0.304. The van der Waals surface area contributed by atoms with Gasteiger partial charge in [-0.1, -0.05) is 22.8 Å². The number of nitrogens with one attached hydrogen (secondary N) is 1. The Balaban J connectivity index is 1.46. The Hall–Kier alpha value is -2.79. The maximum absolute atomic E-state index is 12.9. The Bertz CT molecular complexity index is 1220. The van der Waals surface area contributed by atoms with Gasteiger partial charge in [-0.05, 0) is 56.3 Å². The number of morpholine rings is 1. The van der Waals surface area contributed by atoms with Crippen LogP contribution in [0.25, 0.3) is 11.5 Å². The van der Waals surface area contributed by atoms with Crippen LogP contribution in [0.1, 0.15) is 24.2 Å². The van der Waals surface area contributed by atoms with Crippen molar-refractivity contribution in [3.05, 3.63) is 59.1 Å². The van der Waals surface area contributed by atoms with Crippen molar-refractivity contribution >= 4 is 33.5 Å². The third-order valence-corrected chi connectivity index (χ3v) is 6.94. The van der Waals surface area contributed by atoms with E-state index < -0.39 is 15.9 Å². The second kappa shape index (κ2) is 8.99. The second-order valence-electron chi connectivity index (χ2n) is 7.48. The molecule has 168 valence electrons. The highest BCUT2D eigenvalue weighted by Gasteiger charge is 2.32. The van der Waals surface area contributed by atoms with Gasteiger partial charge in [-0.15, -0.1) is 5.10 Å². The minimum atomic E-state index is -3.69. The number of amides is 1. The van der Waals surface area contributed by atoms with Crippen molar-refractivity contribution in [1.29, 1.82) is 0 Å². The monoisotopic (exact) mass is 476 g/mol. The Morgan fingerprint density at radius 2 is 1.78 bits per heavy atom. The lowest BCUT2D eigenvalue weighted by Gasteiger charge is -2.34. The second-order valence-corrected chi connectivity index (χ2v) is 9.85. The summed E-state index contributed by atoms with van der Waals surface area (Å²) in [4.78, 5) is 12.6. The van der Waals surface area contributed by atoms with Crippen molar-refractivity contribution in [1.82, 2.24) is 14.5 Å². The van der Waals surface area contributed by atoms with Crippen LogP contribution in [0.5, 0.6) is 0 Å². The number of aromatic nitrogens is 2. The largest absolute Gasteiger partial charge is 0.403 e. The SMILES string of the molecule is C[C@@H]1CN(S(=O)(=O)c2ccc(C(=O)Nc3nnc(-c4cccc(Cl)c4)o3)cc2)C[C@H](C)O1. The van der Waals surface area contributed by atoms with Gasteiger partial charge < -0.3 is 9.15 Å². The van der Waals surface area contributed by atoms with Crippen molar-refractivity contribution in [2.45, 2.75) is 31.0 Å². The van der Waals surface area contributed by atoms with E-state index in [1.54, 1.807) is 24.3 Å². The van der Waals surface area contributed by atoms with Crippen molar-refractivity contribution < 1.29 is 22.4 Å². The quantitative estimate of drug-likeness (QED) is 0.599. The molecule has 0 aliphatic carbocycles. The predicted octanol–water partition coefficient (Wildman–Crippen LogP) is 3.44. The van der Waals surface area contributed by atoms with Gasteiger partial charge in [-0.2, -0.15) is 4.31 Å². The summed E-state index contributed by atoms with van der Waals surface area (Å²) in [6, 6.07) is 12.5. The lowest BCUT2D eigenvalue weighted by Crippen LogP contribution is -2.48. The van der Waals surface area contributed by atoms with E-state index in [1.165, 1.54) is 28.6 Å². The van der Waals surface area contributed by atoms with E-state index >= 15 is 0 Å². The Morgan fingerprint density at radius 1 is 1.09 bits per heavy atom. The molecule has 2 aromatic carbocycles. The van der Waals surface area contributed by atoms with E-state index in [2.05, 4.69) is 15.5 Å². The molecule has 1 aliphatic heterocycles. The molecule has 1 N–H and O–H groups in total. The maximum Gasteiger partial charge on any atom is 0.322 e. The van der Waals surface area contributed by atoms with E-state index in [9.17, 15) is 13.2 Å². The van der Waals surface area contributed by atoms with Crippen molar-refractivity contribution in [2.24, 2.45) is 0 Å². The third-order valence-electron chi connectivity index (χ3n) is 4.86. The third kappa shape index (κ3) is 4.83. The smallest absolute Gasteiger partial charge is 0.322 e. The van der Waals surface area contributed by atoms with Gasteiger partial charge >= 0.3 is 6.01 Å². The molecule has 1 fully saturated rings. The molecule has 0 spiro atoms. The number of carbonyl (C=O) groups excluding carboxylic acids is 1. The Labute approximate surface area is 190 Å². The van der Waals surface area contributed by atoms with Gasteiger partial charge in [-0.3, -0.25) is 10.1 Å². The molecule has 3 aromatic rings. The molecule has 4 rings (SSSR count). The molecule has 0 radical (unpaired) electrons. The highest BCUT2D eigenvalue weighted by molar-refractivity contribution is 7.89. The van der Waals surface area contributed by atoms with E-state index in [0.29, 0.717) is 10.6 Å². The first-order valence-electron chi connectivity index (χ1n) is 9.89. The number of carbonyl (C=O) groups is 1. The first-order chi connectivity index (χ1) is 15.2. The molecule has 0 bridgehead atoms. The Kier molecular flexibility index (Phi) is 6.29. The zero-order valence-electron chi connectivity index (χ0n) is 17.4. The standard InChI is InChI=1S/C21H21ClN4O5S/c1-13-11-26(12-14(2)30-13)32(28,29)18-8-6-15(7-9-18)19(27)23-21-25-24-20(31-21)16-4-3-5-17(22)10-16/h3-10,13-14H,11-12H2,1-2H3,(H,23,25,27)/t13-,14+. The van der Waals surface area contributed by atoms with Gasteiger partial charge in [0.25, 0.3) is 5.91 Å². The van der Waals surface area contributed by atoms with E-state index in [4.69, 9.17) is 20.8 Å². The van der Waals surface area contributed by atoms with Gasteiger partial charge in [0.05, 0.1) is 17.1 Å². The van der Waals surface area contributed by atoms with Crippen LogP contribution >= 0.6 is 11.6 Å². The van der Waals surface area contributed by atoms with Crippen LogP contribution in [-0.2, 0) is 14.8 Å². The molecular formula is C21H21ClN4O5S. The lowest BCUT2D eigenvalue weighted by molar-refractivity contribution is -0.0440. The zero-order valence-corrected chi connectivity index (χ0v) is 18.9. The van der Waals surface area contributed by atoms with Crippen molar-refractivity contribution in [3.63, 3.8) is 0 Å². The van der Waals surface area contributed by atoms with E-state index in [0.717, 1.165) is 0 Å². The fourth-order valence-electron chi connectivity index (χ4n) is 3.44. The van der Waals surface area contributed by atoms with Crippen LogP contribution in [-0.4, -0.2) is 54.1 Å². The number of hydrogen-bond acceptors (Lipinski definition) is 7. The number of nitrogens with zero attached hydrogens (tertiary/aromatic N) is 3. The van der Waals surface area contributed by atoms with Gasteiger partial charge in [-0.25, -0.2) is 8.42 Å². The van der Waals surface area contributed by atoms with Crippen LogP contribution < -0.4 is 5.32 Å². The van der Waals surface area contributed by atoms with Crippen molar-refractivity contribution in [3.8, 4) is 11.5 Å². The van der Waals surface area contributed by atoms with Crippen LogP contribution in [0.2, 0.25) is 5.02 Å². The molecule has 1 aliphatic rings. The molecule has 1 aromatic heterocycles. The van der Waals surface area contributed by atoms with Crippen LogP contribution in [0, 0.1) is 0 Å². The van der Waals surface area contributed by atoms with Gasteiger partial charge in [0.15, 0.2) is 0 Å². The molecule has 2 heterocycles. The van der Waals surface area contributed by atoms with E-state index in [-0.39, 0.29) is 47.7 Å². The molecule has 0 saturated carbocycles. The number of benzene rings is 2. The molecule has 9 nitrogen and oxygen atoms in total. The van der Waals surface area contributed by atoms with Gasteiger partial charge in [0.1, 0.15) is 0 Å². The molecule has 32 heavy (non-hydrogen) atoms. The summed E-state index contributed by atoms with van der Waals surface area (Å²) in [6.07, 6.45) is -0.380. The lowest BCUT2D eigenvalue weighted by atomic mass is 10.2. The fraction of sp³-hybridized carbons (Fsp3) is 0.286. The number of halogens is 1. The minimum Gasteiger partial charge on any atom is -0.403 e. The number of sulfonamides is 1. The number of rotatable bonds is 5. The molecule has 2 atom stereocenters. The van der Waals surface area contributed by atoms with Crippen LogP contribution in [0.4, 0.5) is 6.01 Å². The summed E-state index contributed by atoms with van der Waals surface area (Å²) < 4.78 is 38.3. The summed E-state index contributed by atoms with van der Waals surface area (Å²) >= 11 is 5.96. The molecular weight excluding hydrogens is 456 g/mol. The first-order valence-corrected chi connectivity index (χ1v) is 11.7. The Morgan fingerprint density at radius 3 is 2.44 bits per heavy atom. The summed E-state index contributed by atoms with van der Waals surface area (Å²) in [5, 5.41) is 10.7. The van der Waals surface area contributed by atoms with Gasteiger partial charge in [0, 0.05) is 29.2 Å². The van der Waals surface area contributed by atoms with Crippen LogP contribution in [0.3, 0.4) is 0 Å². The normalized spacial score (nSPS) is 19.6. The number of anilines is 1. The number of ether oxygens (including phenoxy) is 1. The highest BCUT2D eigenvalue weighted by Crippen LogP contribution is 2.24. The highest BCUT2D eigenvalue weighted by atomic mass is 35.5. The minimum absolute atomic E-state index is 0.0852. The molecule has 1 amide bonds. The average molecular weight is 477 g/mol. The molecule has 1 saturated heterocycles. The molecule has 11 heteroatoms.